The summed E-state index contributed by atoms with van der Waals surface area (Å²) < 4.78 is 0. The van der Waals surface area contributed by atoms with E-state index in [9.17, 15) is 14.4 Å². The zero-order chi connectivity index (χ0) is 22.8. The van der Waals surface area contributed by atoms with Gasteiger partial charge in [-0.1, -0.05) is 60.1 Å². The molecular formula is C23H28BN5O3. The number of hydrogen-bond donors (Lipinski definition) is 1. The summed E-state index contributed by atoms with van der Waals surface area (Å²) in [7, 11) is 3.74. The summed E-state index contributed by atoms with van der Waals surface area (Å²) in [5, 5.41) is 6.15. The Balaban J connectivity index is 1.55. The highest BCUT2D eigenvalue weighted by Gasteiger charge is 2.49. The molecule has 2 heterocycles. The number of hydrazine groups is 1. The summed E-state index contributed by atoms with van der Waals surface area (Å²) in [5.41, 5.74) is 3.13. The molecule has 2 aliphatic heterocycles. The summed E-state index contributed by atoms with van der Waals surface area (Å²) in [6.07, 6.45) is -0.561. The molecule has 2 aromatic rings. The van der Waals surface area contributed by atoms with E-state index >= 15 is 0 Å². The number of nitrogens with one attached hydrogen (secondary N) is 1. The molecule has 2 aromatic carbocycles. The monoisotopic (exact) mass is 433 g/mol. The molecule has 8 nitrogen and oxygen atoms in total. The Morgan fingerprint density at radius 2 is 1.81 bits per heavy atom. The van der Waals surface area contributed by atoms with Crippen molar-refractivity contribution in [3.8, 4) is 0 Å². The van der Waals surface area contributed by atoms with E-state index in [4.69, 9.17) is 0 Å². The highest BCUT2D eigenvalue weighted by atomic mass is 16.2. The molecule has 0 saturated carbocycles. The van der Waals surface area contributed by atoms with Crippen LogP contribution in [0.2, 0.25) is 0 Å². The van der Waals surface area contributed by atoms with E-state index in [0.29, 0.717) is 13.1 Å². The van der Waals surface area contributed by atoms with Crippen molar-refractivity contribution in [3.05, 3.63) is 65.7 Å². The lowest BCUT2D eigenvalue weighted by atomic mass is 9.94. The van der Waals surface area contributed by atoms with Gasteiger partial charge in [0, 0.05) is 20.1 Å². The van der Waals surface area contributed by atoms with Gasteiger partial charge < -0.3 is 15.1 Å². The first-order valence-corrected chi connectivity index (χ1v) is 10.8. The largest absolute Gasteiger partial charge is 0.334 e. The molecule has 32 heavy (non-hydrogen) atoms. The molecule has 2 atom stereocenters. The van der Waals surface area contributed by atoms with Crippen LogP contribution in [0.3, 0.4) is 0 Å². The lowest BCUT2D eigenvalue weighted by Gasteiger charge is -2.53. The number of amides is 4. The second-order valence-corrected chi connectivity index (χ2v) is 8.47. The number of likely N-dealkylation sites (N-methyl/N-ethyl adjacent to an activating group) is 1. The van der Waals surface area contributed by atoms with E-state index in [0.717, 1.165) is 16.6 Å². The predicted molar refractivity (Wildman–Crippen MR) is 123 cm³/mol. The number of urea groups is 1. The summed E-state index contributed by atoms with van der Waals surface area (Å²) in [5.74, 6) is -0.258. The van der Waals surface area contributed by atoms with Gasteiger partial charge in [0.2, 0.25) is 11.8 Å². The molecule has 1 N–H and O–H groups in total. The van der Waals surface area contributed by atoms with E-state index in [-0.39, 0.29) is 30.9 Å². The second-order valence-electron chi connectivity index (χ2n) is 8.47. The zero-order valence-corrected chi connectivity index (χ0v) is 18.7. The van der Waals surface area contributed by atoms with Gasteiger partial charge in [-0.3, -0.25) is 9.59 Å². The highest BCUT2D eigenvalue weighted by molar-refractivity contribution is 6.32. The maximum absolute atomic E-state index is 13.2. The average molecular weight is 433 g/mol. The SMILES string of the molecule is Bc1cccc(CN2C[C@H]3N(C(=O)CN(C)N3C(=O)NCc3ccccc3)[C@@H](C)C2=O)c1. The minimum absolute atomic E-state index is 0.0464. The number of hydrogen-bond acceptors (Lipinski definition) is 4. The maximum atomic E-state index is 13.2. The molecule has 0 spiro atoms. The number of rotatable bonds is 4. The molecule has 4 rings (SSSR count). The summed E-state index contributed by atoms with van der Waals surface area (Å²) in [6, 6.07) is 16.7. The van der Waals surface area contributed by atoms with Gasteiger partial charge in [0.1, 0.15) is 20.1 Å². The third kappa shape index (κ3) is 4.34. The first kappa shape index (κ1) is 21.9. The Morgan fingerprint density at radius 3 is 2.53 bits per heavy atom. The van der Waals surface area contributed by atoms with Crippen LogP contribution < -0.4 is 10.8 Å². The Labute approximate surface area is 189 Å². The average Bonchev–Trinajstić information content (AvgIpc) is 2.76. The third-order valence-corrected chi connectivity index (χ3v) is 6.04. The summed E-state index contributed by atoms with van der Waals surface area (Å²) in [6.45, 7) is 2.86. The number of carbonyl (C=O) groups is 3. The van der Waals surface area contributed by atoms with Crippen molar-refractivity contribution >= 4 is 31.2 Å². The molecule has 2 saturated heterocycles. The van der Waals surface area contributed by atoms with Crippen molar-refractivity contribution in [2.24, 2.45) is 0 Å². The standard InChI is InChI=1S/C23H28BN5O3/c1-16-22(31)27(13-18-9-6-10-19(24)11-18)14-20-28(16)21(30)15-26(2)29(20)23(32)25-12-17-7-4-3-5-8-17/h3-11,16,20H,12-15,24H2,1-2H3,(H,25,32)/t16-,20-/m0/s1. The number of carbonyl (C=O) groups excluding carboxylic acids is 3. The third-order valence-electron chi connectivity index (χ3n) is 6.04. The minimum atomic E-state index is -0.635. The topological polar surface area (TPSA) is 76.2 Å². The van der Waals surface area contributed by atoms with Gasteiger partial charge >= 0.3 is 6.03 Å². The number of piperazine rings is 1. The fraction of sp³-hybridized carbons (Fsp3) is 0.348. The first-order chi connectivity index (χ1) is 15.3. The molecular weight excluding hydrogens is 405 g/mol. The zero-order valence-electron chi connectivity index (χ0n) is 18.7. The molecule has 9 heteroatoms. The minimum Gasteiger partial charge on any atom is -0.333 e. The van der Waals surface area contributed by atoms with Gasteiger partial charge in [-0.2, -0.15) is 0 Å². The Bertz CT molecular complexity index is 1020. The van der Waals surface area contributed by atoms with Crippen molar-refractivity contribution in [2.75, 3.05) is 20.1 Å². The van der Waals surface area contributed by atoms with Crippen LogP contribution in [0.1, 0.15) is 18.1 Å². The van der Waals surface area contributed by atoms with E-state index in [1.165, 1.54) is 0 Å². The molecule has 0 bridgehead atoms. The van der Waals surface area contributed by atoms with Crippen LogP contribution in [-0.2, 0) is 22.7 Å². The smallest absolute Gasteiger partial charge is 0.333 e. The fourth-order valence-corrected chi connectivity index (χ4v) is 4.49. The van der Waals surface area contributed by atoms with Gasteiger partial charge in [-0.15, -0.1) is 0 Å². The van der Waals surface area contributed by atoms with Crippen LogP contribution in [0.25, 0.3) is 0 Å². The van der Waals surface area contributed by atoms with Crippen LogP contribution in [0.4, 0.5) is 4.79 Å². The maximum Gasteiger partial charge on any atom is 0.334 e. The molecule has 2 aliphatic rings. The van der Waals surface area contributed by atoms with Crippen molar-refractivity contribution in [1.82, 2.24) is 25.1 Å². The number of nitrogens with zero attached hydrogens (tertiary/aromatic N) is 4. The summed E-state index contributed by atoms with van der Waals surface area (Å²) in [4.78, 5) is 42.4. The fourth-order valence-electron chi connectivity index (χ4n) is 4.49. The summed E-state index contributed by atoms with van der Waals surface area (Å²) >= 11 is 0. The lowest BCUT2D eigenvalue weighted by molar-refractivity contribution is -0.186. The van der Waals surface area contributed by atoms with Crippen LogP contribution in [0, 0.1) is 0 Å². The molecule has 0 aromatic heterocycles. The number of fused-ring (bicyclic) bond motifs is 1. The molecule has 2 fully saturated rings. The van der Waals surface area contributed by atoms with Gasteiger partial charge in [-0.05, 0) is 18.1 Å². The van der Waals surface area contributed by atoms with Gasteiger partial charge in [0.05, 0.1) is 13.1 Å². The van der Waals surface area contributed by atoms with Crippen molar-refractivity contribution in [2.45, 2.75) is 32.2 Å². The Kier molecular flexibility index (Phi) is 6.18. The molecule has 0 radical (unpaired) electrons. The van der Waals surface area contributed by atoms with Crippen LogP contribution in [0.15, 0.2) is 54.6 Å². The van der Waals surface area contributed by atoms with E-state index in [1.807, 2.05) is 62.4 Å². The van der Waals surface area contributed by atoms with Crippen LogP contribution in [-0.4, -0.2) is 77.9 Å². The highest BCUT2D eigenvalue weighted by Crippen LogP contribution is 2.26. The van der Waals surface area contributed by atoms with Crippen molar-refractivity contribution < 1.29 is 14.4 Å². The van der Waals surface area contributed by atoms with Crippen molar-refractivity contribution in [3.63, 3.8) is 0 Å². The Morgan fingerprint density at radius 1 is 1.09 bits per heavy atom. The van der Waals surface area contributed by atoms with Gasteiger partial charge in [0.25, 0.3) is 0 Å². The molecule has 4 amide bonds. The van der Waals surface area contributed by atoms with E-state index in [2.05, 4.69) is 5.32 Å². The first-order valence-electron chi connectivity index (χ1n) is 10.8. The normalized spacial score (nSPS) is 21.5. The Hall–Kier alpha value is -3.33. The molecule has 0 aliphatic carbocycles. The predicted octanol–water partition coefficient (Wildman–Crippen LogP) is -0.0974. The van der Waals surface area contributed by atoms with Gasteiger partial charge in [-0.25, -0.2) is 14.8 Å². The second kappa shape index (κ2) is 9.04. The van der Waals surface area contributed by atoms with E-state index in [1.54, 1.807) is 33.8 Å². The molecule has 0 unspecified atom stereocenters. The van der Waals surface area contributed by atoms with Gasteiger partial charge in [0.15, 0.2) is 0 Å². The van der Waals surface area contributed by atoms with E-state index < -0.39 is 12.2 Å². The molecule has 166 valence electrons. The van der Waals surface area contributed by atoms with Crippen molar-refractivity contribution in [1.29, 1.82) is 0 Å². The number of benzene rings is 2. The van der Waals surface area contributed by atoms with Crippen LogP contribution in [0.5, 0.6) is 0 Å². The lowest BCUT2D eigenvalue weighted by Crippen LogP contribution is -2.75. The van der Waals surface area contributed by atoms with Crippen LogP contribution >= 0.6 is 0 Å². The quantitative estimate of drug-likeness (QED) is 0.684.